The van der Waals surface area contributed by atoms with Gasteiger partial charge < -0.3 is 10.7 Å². The number of anilines is 2. The number of benzene rings is 1. The predicted octanol–water partition coefficient (Wildman–Crippen LogP) is 2.69. The zero-order valence-electron chi connectivity index (χ0n) is 10.3. The second kappa shape index (κ2) is 5.81. The van der Waals surface area contributed by atoms with Crippen LogP contribution in [0.2, 0.25) is 0 Å². The van der Waals surface area contributed by atoms with Crippen LogP contribution < -0.4 is 16.6 Å². The molecule has 1 amide bonds. The predicted molar refractivity (Wildman–Crippen MR) is 78.9 cm³/mol. The Morgan fingerprint density at radius 3 is 2.79 bits per heavy atom. The normalized spacial score (nSPS) is 10.1. The molecule has 5 nitrogen and oxygen atoms in total. The van der Waals surface area contributed by atoms with Gasteiger partial charge in [-0.2, -0.15) is 0 Å². The summed E-state index contributed by atoms with van der Waals surface area (Å²) in [5, 5.41) is 2.81. The third kappa shape index (κ3) is 3.30. The van der Waals surface area contributed by atoms with Crippen LogP contribution in [-0.4, -0.2) is 10.9 Å². The van der Waals surface area contributed by atoms with Gasteiger partial charge in [0.15, 0.2) is 0 Å². The fraction of sp³-hybridized carbons (Fsp3) is 0.0769. The molecular weight excluding hydrogens is 308 g/mol. The van der Waals surface area contributed by atoms with Crippen molar-refractivity contribution in [2.24, 2.45) is 5.84 Å². The number of nitrogens with one attached hydrogen (secondary N) is 2. The monoisotopic (exact) mass is 320 g/mol. The van der Waals surface area contributed by atoms with Gasteiger partial charge in [-0.15, -0.1) is 0 Å². The smallest absolute Gasteiger partial charge is 0.255 e. The lowest BCUT2D eigenvalue weighted by Gasteiger charge is -2.07. The Bertz CT molecular complexity index is 615. The van der Waals surface area contributed by atoms with E-state index < -0.39 is 0 Å². The number of halogens is 1. The molecule has 2 rings (SSSR count). The van der Waals surface area contributed by atoms with Crippen LogP contribution in [0, 0.1) is 6.92 Å². The van der Waals surface area contributed by atoms with Gasteiger partial charge in [-0.1, -0.05) is 22.0 Å². The average Bonchev–Trinajstić information content (AvgIpc) is 2.43. The van der Waals surface area contributed by atoms with E-state index in [0.29, 0.717) is 11.4 Å². The first-order valence-electron chi connectivity index (χ1n) is 5.60. The number of pyridine rings is 1. The second-order valence-electron chi connectivity index (χ2n) is 3.99. The van der Waals surface area contributed by atoms with Crippen molar-refractivity contribution in [3.05, 3.63) is 52.1 Å². The van der Waals surface area contributed by atoms with Crippen molar-refractivity contribution in [2.45, 2.75) is 6.92 Å². The van der Waals surface area contributed by atoms with Crippen molar-refractivity contribution in [3.8, 4) is 0 Å². The molecule has 0 bridgehead atoms. The molecule has 0 aliphatic rings. The third-order valence-corrected chi connectivity index (χ3v) is 3.45. The molecule has 2 aromatic rings. The van der Waals surface area contributed by atoms with Crippen LogP contribution in [0.5, 0.6) is 0 Å². The molecule has 1 heterocycles. The summed E-state index contributed by atoms with van der Waals surface area (Å²) in [5.41, 5.74) is 4.72. The van der Waals surface area contributed by atoms with Crippen LogP contribution in [0.1, 0.15) is 15.9 Å². The number of nitrogens with zero attached hydrogens (tertiary/aromatic N) is 1. The standard InChI is InChI=1S/C13H13BrN4O/c1-8-2-3-10(7-11(8)14)17-13(19)9-4-5-16-12(6-9)18-15/h2-7H,15H2,1H3,(H,16,18)(H,17,19). The van der Waals surface area contributed by atoms with E-state index in [9.17, 15) is 4.79 Å². The first-order chi connectivity index (χ1) is 9.10. The van der Waals surface area contributed by atoms with Crippen LogP contribution in [0.15, 0.2) is 41.0 Å². The highest BCUT2D eigenvalue weighted by Gasteiger charge is 2.07. The molecule has 0 aliphatic heterocycles. The van der Waals surface area contributed by atoms with Crippen molar-refractivity contribution in [2.75, 3.05) is 10.7 Å². The Balaban J connectivity index is 2.18. The lowest BCUT2D eigenvalue weighted by Crippen LogP contribution is -2.14. The van der Waals surface area contributed by atoms with Gasteiger partial charge in [0.25, 0.3) is 5.91 Å². The molecule has 4 N–H and O–H groups in total. The molecular formula is C13H13BrN4O. The summed E-state index contributed by atoms with van der Waals surface area (Å²) >= 11 is 3.43. The first-order valence-corrected chi connectivity index (χ1v) is 6.39. The van der Waals surface area contributed by atoms with Crippen LogP contribution >= 0.6 is 15.9 Å². The van der Waals surface area contributed by atoms with Gasteiger partial charge >= 0.3 is 0 Å². The van der Waals surface area contributed by atoms with Crippen molar-refractivity contribution in [1.82, 2.24) is 4.98 Å². The highest BCUT2D eigenvalue weighted by atomic mass is 79.9. The summed E-state index contributed by atoms with van der Waals surface area (Å²) in [7, 11) is 0. The third-order valence-electron chi connectivity index (χ3n) is 2.60. The zero-order valence-corrected chi connectivity index (χ0v) is 11.9. The van der Waals surface area contributed by atoms with Crippen LogP contribution in [-0.2, 0) is 0 Å². The zero-order chi connectivity index (χ0) is 13.8. The highest BCUT2D eigenvalue weighted by molar-refractivity contribution is 9.10. The quantitative estimate of drug-likeness (QED) is 0.600. The fourth-order valence-electron chi connectivity index (χ4n) is 1.52. The lowest BCUT2D eigenvalue weighted by molar-refractivity contribution is 0.102. The minimum absolute atomic E-state index is 0.213. The summed E-state index contributed by atoms with van der Waals surface area (Å²) in [5.74, 6) is 5.49. The van der Waals surface area contributed by atoms with Crippen LogP contribution in [0.3, 0.4) is 0 Å². The number of hydrazine groups is 1. The fourth-order valence-corrected chi connectivity index (χ4v) is 1.90. The minimum Gasteiger partial charge on any atom is -0.322 e. The lowest BCUT2D eigenvalue weighted by atomic mass is 10.2. The van der Waals surface area contributed by atoms with Gasteiger partial charge in [-0.05, 0) is 36.8 Å². The molecule has 0 radical (unpaired) electrons. The largest absolute Gasteiger partial charge is 0.322 e. The molecule has 1 aromatic heterocycles. The Morgan fingerprint density at radius 2 is 2.11 bits per heavy atom. The molecule has 0 spiro atoms. The van der Waals surface area contributed by atoms with Crippen molar-refractivity contribution in [1.29, 1.82) is 0 Å². The number of nitrogens with two attached hydrogens (primary N) is 1. The van der Waals surface area contributed by atoms with Gasteiger partial charge in [-0.3, -0.25) is 4.79 Å². The average molecular weight is 321 g/mol. The summed E-state index contributed by atoms with van der Waals surface area (Å²) in [6, 6.07) is 8.84. The Morgan fingerprint density at radius 1 is 1.32 bits per heavy atom. The number of hydrogen-bond acceptors (Lipinski definition) is 4. The Hall–Kier alpha value is -1.92. The number of hydrogen-bond donors (Lipinski definition) is 3. The summed E-state index contributed by atoms with van der Waals surface area (Å²) < 4.78 is 0.948. The van der Waals surface area contributed by atoms with Gasteiger partial charge in [0.1, 0.15) is 5.82 Å². The number of carbonyl (C=O) groups is 1. The molecule has 0 atom stereocenters. The Kier molecular flexibility index (Phi) is 4.13. The van der Waals surface area contributed by atoms with Crippen molar-refractivity contribution >= 4 is 33.3 Å². The second-order valence-corrected chi connectivity index (χ2v) is 4.85. The molecule has 1 aromatic carbocycles. The number of nitrogen functional groups attached to an aromatic ring is 1. The molecule has 0 fully saturated rings. The SMILES string of the molecule is Cc1ccc(NC(=O)c2ccnc(NN)c2)cc1Br. The highest BCUT2D eigenvalue weighted by Crippen LogP contribution is 2.21. The van der Waals surface area contributed by atoms with E-state index in [2.05, 4.69) is 31.7 Å². The van der Waals surface area contributed by atoms with E-state index in [0.717, 1.165) is 15.7 Å². The molecule has 6 heteroatoms. The van der Waals surface area contributed by atoms with E-state index in [1.165, 1.54) is 6.20 Å². The van der Waals surface area contributed by atoms with Gasteiger partial charge in [0.2, 0.25) is 0 Å². The molecule has 98 valence electrons. The van der Waals surface area contributed by atoms with E-state index in [-0.39, 0.29) is 5.91 Å². The molecule has 0 saturated heterocycles. The van der Waals surface area contributed by atoms with E-state index in [1.807, 2.05) is 25.1 Å². The molecule has 0 saturated carbocycles. The maximum atomic E-state index is 12.1. The summed E-state index contributed by atoms with van der Waals surface area (Å²) in [4.78, 5) is 16.0. The van der Waals surface area contributed by atoms with Crippen LogP contribution in [0.4, 0.5) is 11.5 Å². The van der Waals surface area contributed by atoms with Gasteiger partial charge in [0.05, 0.1) is 0 Å². The topological polar surface area (TPSA) is 80.0 Å². The maximum Gasteiger partial charge on any atom is 0.255 e. The number of rotatable bonds is 3. The number of amides is 1. The molecule has 19 heavy (non-hydrogen) atoms. The number of aryl methyl sites for hydroxylation is 1. The van der Waals surface area contributed by atoms with E-state index >= 15 is 0 Å². The summed E-state index contributed by atoms with van der Waals surface area (Å²) in [6.45, 7) is 1.98. The molecule has 0 aliphatic carbocycles. The minimum atomic E-state index is -0.213. The van der Waals surface area contributed by atoms with Gasteiger partial charge in [0, 0.05) is 21.9 Å². The molecule has 0 unspecified atom stereocenters. The first kappa shape index (κ1) is 13.5. The van der Waals surface area contributed by atoms with Crippen LogP contribution in [0.25, 0.3) is 0 Å². The van der Waals surface area contributed by atoms with E-state index in [1.54, 1.807) is 12.1 Å². The maximum absolute atomic E-state index is 12.1. The van der Waals surface area contributed by atoms with Crippen molar-refractivity contribution < 1.29 is 4.79 Å². The van der Waals surface area contributed by atoms with E-state index in [4.69, 9.17) is 5.84 Å². The number of carbonyl (C=O) groups excluding carboxylic acids is 1. The van der Waals surface area contributed by atoms with Crippen molar-refractivity contribution in [3.63, 3.8) is 0 Å². The summed E-state index contributed by atoms with van der Waals surface area (Å²) in [6.07, 6.45) is 1.52. The Labute approximate surface area is 119 Å². The number of aromatic nitrogens is 1. The van der Waals surface area contributed by atoms with Gasteiger partial charge in [-0.25, -0.2) is 10.8 Å².